The van der Waals surface area contributed by atoms with Crippen LogP contribution in [0.15, 0.2) is 0 Å². The van der Waals surface area contributed by atoms with Gasteiger partial charge in [0.25, 0.3) is 0 Å². The van der Waals surface area contributed by atoms with Crippen LogP contribution in [0.25, 0.3) is 0 Å². The highest BCUT2D eigenvalue weighted by Crippen LogP contribution is 2.28. The lowest BCUT2D eigenvalue weighted by molar-refractivity contribution is 0.602. The third kappa shape index (κ3) is 2.18. The van der Waals surface area contributed by atoms with Crippen molar-refractivity contribution in [3.05, 3.63) is 5.01 Å². The summed E-state index contributed by atoms with van der Waals surface area (Å²) in [5.74, 6) is 0.867. The third-order valence-corrected chi connectivity index (χ3v) is 3.32. The Morgan fingerprint density at radius 2 is 2.23 bits per heavy atom. The third-order valence-electron chi connectivity index (χ3n) is 2.55. The van der Waals surface area contributed by atoms with Gasteiger partial charge in [0.15, 0.2) is 0 Å². The highest BCUT2D eigenvalue weighted by Gasteiger charge is 2.21. The van der Waals surface area contributed by atoms with Gasteiger partial charge in [-0.3, -0.25) is 0 Å². The van der Waals surface area contributed by atoms with Crippen molar-refractivity contribution in [2.24, 2.45) is 5.92 Å². The topological polar surface area (TPSA) is 37.8 Å². The lowest BCUT2D eigenvalue weighted by atomic mass is 10.1. The lowest BCUT2D eigenvalue weighted by Crippen LogP contribution is -2.14. The van der Waals surface area contributed by atoms with Gasteiger partial charge in [-0.2, -0.15) is 0 Å². The molecule has 1 aromatic heterocycles. The van der Waals surface area contributed by atoms with Crippen molar-refractivity contribution in [1.29, 1.82) is 0 Å². The fourth-order valence-corrected chi connectivity index (χ4v) is 2.54. The maximum absolute atomic E-state index is 4.06. The molecule has 1 aliphatic carbocycles. The molecular weight excluding hydrogens is 182 g/mol. The highest BCUT2D eigenvalue weighted by molar-refractivity contribution is 7.15. The molecular formula is C9H15N3S. The van der Waals surface area contributed by atoms with E-state index < -0.39 is 0 Å². The van der Waals surface area contributed by atoms with E-state index >= 15 is 0 Å². The van der Waals surface area contributed by atoms with Gasteiger partial charge in [-0.15, -0.1) is 10.2 Å². The minimum absolute atomic E-state index is 0.627. The fourth-order valence-electron chi connectivity index (χ4n) is 1.87. The molecule has 3 nitrogen and oxygen atoms in total. The zero-order valence-electron chi connectivity index (χ0n) is 8.08. The maximum atomic E-state index is 4.06. The molecule has 4 heteroatoms. The second kappa shape index (κ2) is 3.62. The van der Waals surface area contributed by atoms with Gasteiger partial charge in [0, 0.05) is 6.04 Å². The molecule has 0 amide bonds. The summed E-state index contributed by atoms with van der Waals surface area (Å²) in [4.78, 5) is 0. The number of hydrogen-bond donors (Lipinski definition) is 1. The number of nitrogens with one attached hydrogen (secondary N) is 1. The van der Waals surface area contributed by atoms with Crippen LogP contribution in [0.1, 0.15) is 31.2 Å². The van der Waals surface area contributed by atoms with E-state index in [4.69, 9.17) is 0 Å². The molecule has 0 saturated heterocycles. The second-order valence-corrected chi connectivity index (χ2v) is 5.07. The van der Waals surface area contributed by atoms with Gasteiger partial charge in [-0.05, 0) is 32.1 Å². The first-order valence-electron chi connectivity index (χ1n) is 4.80. The normalized spacial score (nSPS) is 27.8. The van der Waals surface area contributed by atoms with Gasteiger partial charge < -0.3 is 5.32 Å². The Balaban J connectivity index is 1.91. The Labute approximate surface area is 82.6 Å². The van der Waals surface area contributed by atoms with Crippen molar-refractivity contribution in [3.63, 3.8) is 0 Å². The molecule has 1 heterocycles. The minimum Gasteiger partial charge on any atom is -0.357 e. The molecule has 2 atom stereocenters. The number of hydrogen-bond acceptors (Lipinski definition) is 4. The molecule has 0 aliphatic heterocycles. The van der Waals surface area contributed by atoms with Crippen LogP contribution in [-0.2, 0) is 0 Å². The van der Waals surface area contributed by atoms with Gasteiger partial charge in [0.1, 0.15) is 5.01 Å². The Morgan fingerprint density at radius 3 is 2.77 bits per heavy atom. The molecule has 0 aromatic carbocycles. The predicted octanol–water partition coefficient (Wildman–Crippen LogP) is 2.45. The van der Waals surface area contributed by atoms with Crippen LogP contribution < -0.4 is 5.32 Å². The summed E-state index contributed by atoms with van der Waals surface area (Å²) < 4.78 is 0. The zero-order valence-corrected chi connectivity index (χ0v) is 8.90. The standard InChI is InChI=1S/C9H15N3S/c1-6-3-4-8(5-6)10-9-12-11-7(2)13-9/h6,8H,3-5H2,1-2H3,(H,10,12). The molecule has 1 aliphatic rings. The first-order chi connectivity index (χ1) is 6.24. The first kappa shape index (κ1) is 8.94. The van der Waals surface area contributed by atoms with E-state index in [2.05, 4.69) is 22.4 Å². The van der Waals surface area contributed by atoms with Crippen LogP contribution in [0.4, 0.5) is 5.13 Å². The van der Waals surface area contributed by atoms with Crippen LogP contribution in [-0.4, -0.2) is 16.2 Å². The van der Waals surface area contributed by atoms with E-state index in [0.29, 0.717) is 6.04 Å². The maximum Gasteiger partial charge on any atom is 0.205 e. The molecule has 72 valence electrons. The van der Waals surface area contributed by atoms with Crippen molar-refractivity contribution in [2.45, 2.75) is 39.2 Å². The average Bonchev–Trinajstić information content (AvgIpc) is 2.62. The smallest absolute Gasteiger partial charge is 0.205 e. The summed E-state index contributed by atoms with van der Waals surface area (Å²) in [6.45, 7) is 4.30. The molecule has 0 radical (unpaired) electrons. The summed E-state index contributed by atoms with van der Waals surface area (Å²) in [5.41, 5.74) is 0. The highest BCUT2D eigenvalue weighted by atomic mass is 32.1. The van der Waals surface area contributed by atoms with Crippen LogP contribution in [0.2, 0.25) is 0 Å². The Morgan fingerprint density at radius 1 is 1.38 bits per heavy atom. The van der Waals surface area contributed by atoms with Crippen molar-refractivity contribution in [2.75, 3.05) is 5.32 Å². The van der Waals surface area contributed by atoms with Crippen LogP contribution >= 0.6 is 11.3 Å². The van der Waals surface area contributed by atoms with Crippen LogP contribution in [0, 0.1) is 12.8 Å². The summed E-state index contributed by atoms with van der Waals surface area (Å²) in [6.07, 6.45) is 3.90. The van der Waals surface area contributed by atoms with Crippen molar-refractivity contribution < 1.29 is 0 Å². The molecule has 2 rings (SSSR count). The molecule has 1 fully saturated rings. The Bertz CT molecular complexity index is 284. The van der Waals surface area contributed by atoms with E-state index in [1.54, 1.807) is 11.3 Å². The van der Waals surface area contributed by atoms with Gasteiger partial charge in [-0.1, -0.05) is 18.3 Å². The molecule has 1 aromatic rings. The number of rotatable bonds is 2. The molecule has 13 heavy (non-hydrogen) atoms. The van der Waals surface area contributed by atoms with Crippen molar-refractivity contribution in [1.82, 2.24) is 10.2 Å². The Hall–Kier alpha value is -0.640. The Kier molecular flexibility index (Phi) is 2.49. The minimum atomic E-state index is 0.627. The summed E-state index contributed by atoms with van der Waals surface area (Å²) in [5, 5.41) is 13.5. The fraction of sp³-hybridized carbons (Fsp3) is 0.778. The number of anilines is 1. The molecule has 2 unspecified atom stereocenters. The van der Waals surface area contributed by atoms with E-state index in [9.17, 15) is 0 Å². The van der Waals surface area contributed by atoms with E-state index in [1.807, 2.05) is 6.92 Å². The largest absolute Gasteiger partial charge is 0.357 e. The van der Waals surface area contributed by atoms with Gasteiger partial charge in [0.2, 0.25) is 5.13 Å². The SMILES string of the molecule is Cc1nnc(NC2CCC(C)C2)s1. The molecule has 1 saturated carbocycles. The predicted molar refractivity (Wildman–Crippen MR) is 55.1 cm³/mol. The van der Waals surface area contributed by atoms with E-state index in [1.165, 1.54) is 19.3 Å². The van der Waals surface area contributed by atoms with Gasteiger partial charge in [-0.25, -0.2) is 0 Å². The number of nitrogens with zero attached hydrogens (tertiary/aromatic N) is 2. The van der Waals surface area contributed by atoms with Crippen LogP contribution in [0.3, 0.4) is 0 Å². The van der Waals surface area contributed by atoms with Crippen molar-refractivity contribution in [3.8, 4) is 0 Å². The number of aromatic nitrogens is 2. The summed E-state index contributed by atoms with van der Waals surface area (Å²) >= 11 is 1.64. The zero-order chi connectivity index (χ0) is 9.26. The molecule has 0 bridgehead atoms. The van der Waals surface area contributed by atoms with E-state index in [0.717, 1.165) is 16.1 Å². The van der Waals surface area contributed by atoms with E-state index in [-0.39, 0.29) is 0 Å². The van der Waals surface area contributed by atoms with Crippen molar-refractivity contribution >= 4 is 16.5 Å². The first-order valence-corrected chi connectivity index (χ1v) is 5.62. The van der Waals surface area contributed by atoms with Gasteiger partial charge in [0.05, 0.1) is 0 Å². The lowest BCUT2D eigenvalue weighted by Gasteiger charge is -2.09. The average molecular weight is 197 g/mol. The van der Waals surface area contributed by atoms with Gasteiger partial charge >= 0.3 is 0 Å². The quantitative estimate of drug-likeness (QED) is 0.791. The summed E-state index contributed by atoms with van der Waals surface area (Å²) in [6, 6.07) is 0.627. The molecule has 1 N–H and O–H groups in total. The van der Waals surface area contributed by atoms with Crippen LogP contribution in [0.5, 0.6) is 0 Å². The second-order valence-electron chi connectivity index (χ2n) is 3.89. The number of aryl methyl sites for hydroxylation is 1. The summed E-state index contributed by atoms with van der Waals surface area (Å²) in [7, 11) is 0. The monoisotopic (exact) mass is 197 g/mol. The molecule has 0 spiro atoms.